The molecule has 0 bridgehead atoms. The molecule has 1 aliphatic rings. The number of sulfonamides is 1. The van der Waals surface area contributed by atoms with Gasteiger partial charge < -0.3 is 8.94 Å². The number of nitrogens with zero attached hydrogens (tertiary/aromatic N) is 3. The second-order valence-corrected chi connectivity index (χ2v) is 11.3. The van der Waals surface area contributed by atoms with Gasteiger partial charge in [-0.3, -0.25) is 0 Å². The van der Waals surface area contributed by atoms with E-state index < -0.39 is 10.0 Å². The minimum Gasteiger partial charge on any atom is -0.451 e. The van der Waals surface area contributed by atoms with Crippen LogP contribution in [0, 0.1) is 18.8 Å². The van der Waals surface area contributed by atoms with Gasteiger partial charge >= 0.3 is 0 Å². The lowest BCUT2D eigenvalue weighted by Gasteiger charge is -2.34. The van der Waals surface area contributed by atoms with Crippen molar-refractivity contribution in [1.29, 1.82) is 0 Å². The standard InChI is InChI=1S/C24H24ClN3O4S/c1-14-9-15(2)13-28(12-14)33(29,30)19-7-8-21-20(11-19)16(3)22(31-21)24-26-23(27-32-24)17-5-4-6-18(25)10-17/h4-8,10-11,14-15H,9,12-13H2,1-3H3/t14-,15-/m0/s1. The molecule has 4 aromatic rings. The summed E-state index contributed by atoms with van der Waals surface area (Å²) >= 11 is 6.06. The lowest BCUT2D eigenvalue weighted by molar-refractivity contribution is 0.222. The van der Waals surface area contributed by atoms with Crippen molar-refractivity contribution in [1.82, 2.24) is 14.4 Å². The largest absolute Gasteiger partial charge is 0.451 e. The zero-order valence-corrected chi connectivity index (χ0v) is 20.2. The van der Waals surface area contributed by atoms with E-state index >= 15 is 0 Å². The molecule has 0 N–H and O–H groups in total. The van der Waals surface area contributed by atoms with Gasteiger partial charge in [-0.05, 0) is 55.5 Å². The molecule has 1 saturated heterocycles. The van der Waals surface area contributed by atoms with E-state index in [0.717, 1.165) is 17.5 Å². The molecule has 172 valence electrons. The summed E-state index contributed by atoms with van der Waals surface area (Å²) in [6.45, 7) is 7.11. The van der Waals surface area contributed by atoms with Gasteiger partial charge in [0.1, 0.15) is 5.58 Å². The van der Waals surface area contributed by atoms with Gasteiger partial charge in [0.25, 0.3) is 5.89 Å². The molecule has 33 heavy (non-hydrogen) atoms. The zero-order chi connectivity index (χ0) is 23.3. The number of hydrogen-bond donors (Lipinski definition) is 0. The second kappa shape index (κ2) is 8.27. The molecular formula is C24H24ClN3O4S. The fourth-order valence-electron chi connectivity index (χ4n) is 4.58. The van der Waals surface area contributed by atoms with Crippen molar-refractivity contribution in [3.63, 3.8) is 0 Å². The molecule has 2 aromatic heterocycles. The second-order valence-electron chi connectivity index (χ2n) is 8.92. The molecule has 9 heteroatoms. The van der Waals surface area contributed by atoms with E-state index in [9.17, 15) is 8.42 Å². The Bertz CT molecular complexity index is 1430. The van der Waals surface area contributed by atoms with Gasteiger partial charge in [0, 0.05) is 34.6 Å². The molecule has 7 nitrogen and oxygen atoms in total. The van der Waals surface area contributed by atoms with E-state index in [4.69, 9.17) is 20.5 Å². The normalized spacial score (nSPS) is 19.9. The first-order valence-electron chi connectivity index (χ1n) is 10.9. The van der Waals surface area contributed by atoms with E-state index in [1.165, 1.54) is 0 Å². The van der Waals surface area contributed by atoms with Crippen LogP contribution in [-0.2, 0) is 10.0 Å². The molecule has 0 spiro atoms. The number of hydrogen-bond acceptors (Lipinski definition) is 6. The molecule has 0 saturated carbocycles. The third kappa shape index (κ3) is 4.07. The predicted molar refractivity (Wildman–Crippen MR) is 126 cm³/mol. The molecule has 3 heterocycles. The Labute approximate surface area is 197 Å². The average molecular weight is 486 g/mol. The average Bonchev–Trinajstić information content (AvgIpc) is 3.38. The number of aryl methyl sites for hydroxylation is 1. The first kappa shape index (κ1) is 22.1. The van der Waals surface area contributed by atoms with E-state index in [-0.39, 0.29) is 10.8 Å². The molecule has 0 unspecified atom stereocenters. The molecule has 1 fully saturated rings. The summed E-state index contributed by atoms with van der Waals surface area (Å²) in [5.74, 6) is 1.70. The minimum atomic E-state index is -3.60. The third-order valence-corrected chi connectivity index (χ3v) is 8.15. The Morgan fingerprint density at radius 1 is 1.09 bits per heavy atom. The molecule has 0 aliphatic carbocycles. The number of benzene rings is 2. The van der Waals surface area contributed by atoms with Crippen LogP contribution in [0.15, 0.2) is 56.3 Å². The molecule has 2 aromatic carbocycles. The highest BCUT2D eigenvalue weighted by Crippen LogP contribution is 2.35. The molecule has 0 radical (unpaired) electrons. The van der Waals surface area contributed by atoms with Gasteiger partial charge in [0.2, 0.25) is 15.8 Å². The molecule has 1 aliphatic heterocycles. The number of furan rings is 1. The molecule has 2 atom stereocenters. The first-order chi connectivity index (χ1) is 15.7. The maximum Gasteiger partial charge on any atom is 0.294 e. The van der Waals surface area contributed by atoms with Gasteiger partial charge in [-0.1, -0.05) is 42.7 Å². The van der Waals surface area contributed by atoms with Crippen molar-refractivity contribution in [2.45, 2.75) is 32.1 Å². The van der Waals surface area contributed by atoms with Crippen LogP contribution < -0.4 is 0 Å². The summed E-state index contributed by atoms with van der Waals surface area (Å²) in [6.07, 6.45) is 1.04. The van der Waals surface area contributed by atoms with Crippen LogP contribution in [0.1, 0.15) is 25.8 Å². The van der Waals surface area contributed by atoms with Crippen molar-refractivity contribution in [2.75, 3.05) is 13.1 Å². The van der Waals surface area contributed by atoms with Gasteiger partial charge in [0.05, 0.1) is 4.90 Å². The smallest absolute Gasteiger partial charge is 0.294 e. The van der Waals surface area contributed by atoms with Crippen LogP contribution in [0.3, 0.4) is 0 Å². The SMILES string of the molecule is Cc1c(-c2nc(-c3cccc(Cl)c3)no2)oc2ccc(S(=O)(=O)N3C[C@@H](C)C[C@H](C)C3)cc12. The van der Waals surface area contributed by atoms with Crippen LogP contribution in [0.4, 0.5) is 0 Å². The number of rotatable bonds is 4. The quantitative estimate of drug-likeness (QED) is 0.364. The van der Waals surface area contributed by atoms with E-state index in [0.29, 0.717) is 52.5 Å². The first-order valence-corrected chi connectivity index (χ1v) is 12.7. The van der Waals surface area contributed by atoms with Crippen LogP contribution in [0.5, 0.6) is 0 Å². The monoisotopic (exact) mass is 485 g/mol. The van der Waals surface area contributed by atoms with Crippen LogP contribution in [0.2, 0.25) is 5.02 Å². The summed E-state index contributed by atoms with van der Waals surface area (Å²) in [7, 11) is -3.60. The Hall–Kier alpha value is -2.68. The van der Waals surface area contributed by atoms with Crippen molar-refractivity contribution in [3.05, 3.63) is 53.1 Å². The molecule has 0 amide bonds. The van der Waals surface area contributed by atoms with Gasteiger partial charge in [-0.15, -0.1) is 0 Å². The number of piperidine rings is 1. The summed E-state index contributed by atoms with van der Waals surface area (Å²) in [5.41, 5.74) is 2.03. The Morgan fingerprint density at radius 3 is 2.58 bits per heavy atom. The number of aromatic nitrogens is 2. The topological polar surface area (TPSA) is 89.4 Å². The fraction of sp³-hybridized carbons (Fsp3) is 0.333. The Morgan fingerprint density at radius 2 is 1.85 bits per heavy atom. The number of halogens is 1. The van der Waals surface area contributed by atoms with Crippen LogP contribution in [0.25, 0.3) is 34.0 Å². The van der Waals surface area contributed by atoms with Crippen LogP contribution in [-0.4, -0.2) is 36.0 Å². The van der Waals surface area contributed by atoms with Crippen LogP contribution >= 0.6 is 11.6 Å². The van der Waals surface area contributed by atoms with Crippen molar-refractivity contribution >= 4 is 32.6 Å². The summed E-state index contributed by atoms with van der Waals surface area (Å²) in [6, 6.07) is 12.1. The predicted octanol–water partition coefficient (Wildman–Crippen LogP) is 5.78. The fourth-order valence-corrected chi connectivity index (χ4v) is 6.47. The minimum absolute atomic E-state index is 0.224. The highest BCUT2D eigenvalue weighted by atomic mass is 35.5. The van der Waals surface area contributed by atoms with Crippen molar-refractivity contribution in [3.8, 4) is 23.0 Å². The van der Waals surface area contributed by atoms with Gasteiger partial charge in [0.15, 0.2) is 5.76 Å². The van der Waals surface area contributed by atoms with E-state index in [2.05, 4.69) is 24.0 Å². The summed E-state index contributed by atoms with van der Waals surface area (Å²) in [5, 5.41) is 5.31. The lowest BCUT2D eigenvalue weighted by atomic mass is 9.94. The van der Waals surface area contributed by atoms with Crippen molar-refractivity contribution < 1.29 is 17.4 Å². The molecular weight excluding hydrogens is 462 g/mol. The number of fused-ring (bicyclic) bond motifs is 1. The zero-order valence-electron chi connectivity index (χ0n) is 18.6. The Kier molecular flexibility index (Phi) is 5.55. The summed E-state index contributed by atoms with van der Waals surface area (Å²) < 4.78 is 39.7. The van der Waals surface area contributed by atoms with Gasteiger partial charge in [-0.25, -0.2) is 8.42 Å². The van der Waals surface area contributed by atoms with Crippen molar-refractivity contribution in [2.24, 2.45) is 11.8 Å². The highest BCUT2D eigenvalue weighted by Gasteiger charge is 2.32. The highest BCUT2D eigenvalue weighted by molar-refractivity contribution is 7.89. The summed E-state index contributed by atoms with van der Waals surface area (Å²) in [4.78, 5) is 4.71. The third-order valence-electron chi connectivity index (χ3n) is 6.08. The van der Waals surface area contributed by atoms with Gasteiger partial charge in [-0.2, -0.15) is 9.29 Å². The molecule has 5 rings (SSSR count). The van der Waals surface area contributed by atoms with E-state index in [1.54, 1.807) is 34.6 Å². The lowest BCUT2D eigenvalue weighted by Crippen LogP contribution is -2.42. The maximum atomic E-state index is 13.3. The Balaban J connectivity index is 1.51. The maximum absolute atomic E-state index is 13.3. The van der Waals surface area contributed by atoms with E-state index in [1.807, 2.05) is 19.1 Å².